The summed E-state index contributed by atoms with van der Waals surface area (Å²) in [5.74, 6) is -1.41. The molecule has 0 amide bonds. The molecule has 1 aliphatic carbocycles. The molecule has 2 aromatic carbocycles. The Hall–Kier alpha value is -3.93. The van der Waals surface area contributed by atoms with Gasteiger partial charge in [-0.1, -0.05) is 37.3 Å². The van der Waals surface area contributed by atoms with Crippen LogP contribution in [0.3, 0.4) is 0 Å². The summed E-state index contributed by atoms with van der Waals surface area (Å²) in [7, 11) is -3.71. The highest BCUT2D eigenvalue weighted by Crippen LogP contribution is 2.45. The van der Waals surface area contributed by atoms with Crippen molar-refractivity contribution < 1.29 is 27.1 Å². The number of fused-ring (bicyclic) bond motifs is 5. The van der Waals surface area contributed by atoms with Gasteiger partial charge in [0.25, 0.3) is 5.56 Å². The maximum Gasteiger partial charge on any atom is 0.313 e. The molecule has 11 heteroatoms. The summed E-state index contributed by atoms with van der Waals surface area (Å²) in [5, 5.41) is 0.744. The standard InChI is InChI=1S/C34H34FN3O6S/c1-3-21-23-14-29-32-24(16-38(29)33(39)25(23)18-44-34(21)40)31-27(11-10-22-19(2)26(35)15-28(36-32)30(22)31)37-45(41,42)13-7-12-43-17-20-8-5-4-6-9-20/h4-6,8-9,14-15,21,27,37H,3,7,10-13,16-18H2,1-2H3. The summed E-state index contributed by atoms with van der Waals surface area (Å²) in [6.07, 6.45) is 1.73. The zero-order chi connectivity index (χ0) is 31.5. The van der Waals surface area contributed by atoms with Gasteiger partial charge in [-0.05, 0) is 66.5 Å². The van der Waals surface area contributed by atoms with Gasteiger partial charge in [0.05, 0.1) is 47.3 Å². The fourth-order valence-corrected chi connectivity index (χ4v) is 8.37. The molecule has 2 atom stereocenters. The van der Waals surface area contributed by atoms with E-state index in [2.05, 4.69) is 4.72 Å². The largest absolute Gasteiger partial charge is 0.460 e. The Balaban J connectivity index is 1.24. The Morgan fingerprint density at radius 1 is 1.13 bits per heavy atom. The average Bonchev–Trinajstić information content (AvgIpc) is 3.39. The van der Waals surface area contributed by atoms with Crippen molar-refractivity contribution in [1.82, 2.24) is 14.3 Å². The van der Waals surface area contributed by atoms with E-state index in [4.69, 9.17) is 14.5 Å². The van der Waals surface area contributed by atoms with Crippen molar-refractivity contribution in [2.45, 2.75) is 71.2 Å². The molecule has 0 saturated carbocycles. The molecule has 7 rings (SSSR count). The van der Waals surface area contributed by atoms with Crippen LogP contribution in [-0.2, 0) is 50.5 Å². The van der Waals surface area contributed by atoms with Crippen molar-refractivity contribution >= 4 is 26.9 Å². The topological polar surface area (TPSA) is 117 Å². The molecule has 45 heavy (non-hydrogen) atoms. The number of hydrogen-bond donors (Lipinski definition) is 1. The summed E-state index contributed by atoms with van der Waals surface area (Å²) in [4.78, 5) is 31.2. The van der Waals surface area contributed by atoms with Gasteiger partial charge in [0.15, 0.2) is 0 Å². The van der Waals surface area contributed by atoms with Crippen LogP contribution >= 0.6 is 0 Å². The predicted molar refractivity (Wildman–Crippen MR) is 167 cm³/mol. The number of esters is 1. The van der Waals surface area contributed by atoms with Crippen LogP contribution in [0.15, 0.2) is 47.3 Å². The van der Waals surface area contributed by atoms with Crippen molar-refractivity contribution in [3.05, 3.63) is 97.6 Å². The van der Waals surface area contributed by atoms with Crippen LogP contribution in [0.5, 0.6) is 0 Å². The van der Waals surface area contributed by atoms with Gasteiger partial charge < -0.3 is 14.0 Å². The molecule has 0 bridgehead atoms. The van der Waals surface area contributed by atoms with Crippen LogP contribution in [0.1, 0.15) is 77.1 Å². The number of nitrogens with zero attached hydrogens (tertiary/aromatic N) is 2. The first-order valence-corrected chi connectivity index (χ1v) is 17.0. The monoisotopic (exact) mass is 631 g/mol. The van der Waals surface area contributed by atoms with E-state index in [0.717, 1.165) is 27.6 Å². The first-order valence-electron chi connectivity index (χ1n) is 15.4. The smallest absolute Gasteiger partial charge is 0.313 e. The lowest BCUT2D eigenvalue weighted by Crippen LogP contribution is -2.34. The van der Waals surface area contributed by atoms with E-state index < -0.39 is 22.0 Å². The van der Waals surface area contributed by atoms with E-state index in [1.165, 1.54) is 6.07 Å². The van der Waals surface area contributed by atoms with Gasteiger partial charge in [-0.15, -0.1) is 0 Å². The second kappa shape index (κ2) is 11.5. The number of aryl methyl sites for hydroxylation is 1. The lowest BCUT2D eigenvalue weighted by atomic mass is 9.82. The maximum atomic E-state index is 15.1. The second-order valence-electron chi connectivity index (χ2n) is 12.1. The molecule has 0 radical (unpaired) electrons. The Kier molecular flexibility index (Phi) is 7.58. The van der Waals surface area contributed by atoms with E-state index in [1.54, 1.807) is 11.5 Å². The minimum Gasteiger partial charge on any atom is -0.460 e. The highest BCUT2D eigenvalue weighted by molar-refractivity contribution is 7.89. The Morgan fingerprint density at radius 3 is 2.71 bits per heavy atom. The van der Waals surface area contributed by atoms with Crippen molar-refractivity contribution in [2.24, 2.45) is 0 Å². The number of cyclic esters (lactones) is 1. The number of nitrogens with one attached hydrogen (secondary N) is 1. The van der Waals surface area contributed by atoms with Crippen molar-refractivity contribution in [3.63, 3.8) is 0 Å². The molecule has 234 valence electrons. The van der Waals surface area contributed by atoms with Gasteiger partial charge in [0.1, 0.15) is 12.4 Å². The molecule has 0 spiro atoms. The number of pyridine rings is 2. The van der Waals surface area contributed by atoms with Gasteiger partial charge in [-0.2, -0.15) is 0 Å². The van der Waals surface area contributed by atoms with Crippen molar-refractivity contribution in [1.29, 1.82) is 0 Å². The zero-order valence-corrected chi connectivity index (χ0v) is 26.0. The highest BCUT2D eigenvalue weighted by Gasteiger charge is 2.38. The summed E-state index contributed by atoms with van der Waals surface area (Å²) in [5.41, 5.74) is 6.15. The van der Waals surface area contributed by atoms with Crippen LogP contribution in [0.4, 0.5) is 4.39 Å². The number of sulfonamides is 1. The van der Waals surface area contributed by atoms with Gasteiger partial charge in [-0.25, -0.2) is 22.5 Å². The van der Waals surface area contributed by atoms with Crippen LogP contribution in [0, 0.1) is 12.7 Å². The molecule has 0 fully saturated rings. The zero-order valence-electron chi connectivity index (χ0n) is 25.2. The molecule has 9 nitrogen and oxygen atoms in total. The molecule has 3 aliphatic rings. The summed E-state index contributed by atoms with van der Waals surface area (Å²) < 4.78 is 57.5. The van der Waals surface area contributed by atoms with E-state index in [1.807, 2.05) is 43.3 Å². The van der Waals surface area contributed by atoms with Gasteiger partial charge in [-0.3, -0.25) is 9.59 Å². The predicted octanol–water partition coefficient (Wildman–Crippen LogP) is 4.94. The number of rotatable bonds is 9. The molecule has 2 aromatic heterocycles. The lowest BCUT2D eigenvalue weighted by Gasteiger charge is -2.29. The second-order valence-corrected chi connectivity index (χ2v) is 13.9. The third-order valence-corrected chi connectivity index (χ3v) is 10.8. The number of aromatic nitrogens is 2. The van der Waals surface area contributed by atoms with Gasteiger partial charge in [0.2, 0.25) is 10.0 Å². The molecule has 1 N–H and O–H groups in total. The maximum absolute atomic E-state index is 15.1. The SMILES string of the molecule is CCC1C(=O)OCc2c1cc1n(c2=O)Cc2c-1nc1cc(F)c(C)c3c1c2C(NS(=O)(=O)CCCOCc1ccccc1)CC3. The number of halogens is 1. The Morgan fingerprint density at radius 2 is 1.93 bits per heavy atom. The molecule has 4 aromatic rings. The lowest BCUT2D eigenvalue weighted by molar-refractivity contribution is -0.148. The normalized spacial score (nSPS) is 18.4. The van der Waals surface area contributed by atoms with Crippen LogP contribution in [0.25, 0.3) is 22.3 Å². The number of carbonyl (C=O) groups excluding carboxylic acids is 1. The number of ether oxygens (including phenoxy) is 2. The molecule has 2 unspecified atom stereocenters. The van der Waals surface area contributed by atoms with Gasteiger partial charge in [0, 0.05) is 29.7 Å². The molecule has 0 saturated heterocycles. The first-order chi connectivity index (χ1) is 21.7. The fourth-order valence-electron chi connectivity index (χ4n) is 7.09. The summed E-state index contributed by atoms with van der Waals surface area (Å²) in [6, 6.07) is 12.4. The van der Waals surface area contributed by atoms with E-state index in [-0.39, 0.29) is 36.3 Å². The number of carbonyl (C=O) groups is 1. The van der Waals surface area contributed by atoms with Gasteiger partial charge >= 0.3 is 5.97 Å². The average molecular weight is 632 g/mol. The molecule has 2 aliphatic heterocycles. The molecular weight excluding hydrogens is 597 g/mol. The summed E-state index contributed by atoms with van der Waals surface area (Å²) >= 11 is 0. The van der Waals surface area contributed by atoms with Crippen molar-refractivity contribution in [3.8, 4) is 11.4 Å². The van der Waals surface area contributed by atoms with Crippen molar-refractivity contribution in [2.75, 3.05) is 12.4 Å². The van der Waals surface area contributed by atoms with Crippen LogP contribution < -0.4 is 10.3 Å². The highest BCUT2D eigenvalue weighted by atomic mass is 32.2. The molecule has 4 heterocycles. The quantitative estimate of drug-likeness (QED) is 0.181. The minimum atomic E-state index is -3.71. The third-order valence-electron chi connectivity index (χ3n) is 9.33. The molecular formula is C34H34FN3O6S. The first kappa shape index (κ1) is 29.8. The van der Waals surface area contributed by atoms with E-state index >= 15 is 4.39 Å². The third kappa shape index (κ3) is 5.16. The van der Waals surface area contributed by atoms with E-state index in [9.17, 15) is 18.0 Å². The Labute approximate surface area is 260 Å². The fraction of sp³-hybridized carbons (Fsp3) is 0.382. The number of hydrogen-bond acceptors (Lipinski definition) is 7. The van der Waals surface area contributed by atoms with Crippen LogP contribution in [0.2, 0.25) is 0 Å². The van der Waals surface area contributed by atoms with Crippen LogP contribution in [-0.4, -0.2) is 36.3 Å². The minimum absolute atomic E-state index is 0.0889. The summed E-state index contributed by atoms with van der Waals surface area (Å²) in [6.45, 7) is 4.41. The Bertz CT molecular complexity index is 2030. The van der Waals surface area contributed by atoms with E-state index in [0.29, 0.717) is 72.5 Å². The number of benzene rings is 2.